The van der Waals surface area contributed by atoms with Crippen LogP contribution < -0.4 is 0 Å². The molecule has 2 aromatic rings. The van der Waals surface area contributed by atoms with Crippen LogP contribution in [0, 0.1) is 13.8 Å². The maximum Gasteiger partial charge on any atom is 0.261 e. The highest BCUT2D eigenvalue weighted by Crippen LogP contribution is 2.33. The second-order valence-corrected chi connectivity index (χ2v) is 9.47. The lowest BCUT2D eigenvalue weighted by molar-refractivity contribution is -0.212. The molecular formula is C28H38N2O3. The van der Waals surface area contributed by atoms with Crippen molar-refractivity contribution in [3.63, 3.8) is 0 Å². The largest absolute Gasteiger partial charge is 0.338 e. The van der Waals surface area contributed by atoms with Crippen LogP contribution in [0.1, 0.15) is 52.7 Å². The molecule has 0 aliphatic carbocycles. The van der Waals surface area contributed by atoms with E-state index in [9.17, 15) is 4.79 Å². The first-order valence-electron chi connectivity index (χ1n) is 12.5. The molecule has 2 heterocycles. The van der Waals surface area contributed by atoms with E-state index in [0.29, 0.717) is 18.8 Å². The number of nitrogens with zero attached hydrogens (tertiary/aromatic N) is 2. The number of carbonyl (C=O) groups is 1. The monoisotopic (exact) mass is 450 g/mol. The van der Waals surface area contributed by atoms with E-state index in [0.717, 1.165) is 56.0 Å². The lowest BCUT2D eigenvalue weighted by Gasteiger charge is -2.34. The summed E-state index contributed by atoms with van der Waals surface area (Å²) in [6.07, 6.45) is 4.94. The van der Waals surface area contributed by atoms with Crippen molar-refractivity contribution in [2.45, 2.75) is 45.3 Å². The van der Waals surface area contributed by atoms with Gasteiger partial charge in [-0.3, -0.25) is 4.79 Å². The summed E-state index contributed by atoms with van der Waals surface area (Å²) in [5, 5.41) is 0. The zero-order valence-electron chi connectivity index (χ0n) is 20.2. The molecule has 0 spiro atoms. The Labute approximate surface area is 198 Å². The van der Waals surface area contributed by atoms with Crippen LogP contribution in [0.4, 0.5) is 0 Å². The molecule has 2 aromatic carbocycles. The van der Waals surface area contributed by atoms with Crippen LogP contribution in [-0.4, -0.2) is 68.1 Å². The molecule has 178 valence electrons. The Morgan fingerprint density at radius 3 is 1.61 bits per heavy atom. The van der Waals surface area contributed by atoms with E-state index in [2.05, 4.69) is 16.7 Å². The first-order chi connectivity index (χ1) is 16.1. The minimum absolute atomic E-state index is 0.130. The second kappa shape index (κ2) is 11.4. The van der Waals surface area contributed by atoms with Crippen molar-refractivity contribution in [2.75, 3.05) is 52.5 Å². The quantitative estimate of drug-likeness (QED) is 0.371. The maximum absolute atomic E-state index is 14.0. The van der Waals surface area contributed by atoms with Crippen LogP contribution in [0.15, 0.2) is 48.5 Å². The van der Waals surface area contributed by atoms with Crippen molar-refractivity contribution < 1.29 is 14.3 Å². The van der Waals surface area contributed by atoms with Gasteiger partial charge in [0, 0.05) is 24.2 Å². The van der Waals surface area contributed by atoms with Crippen LogP contribution in [0.3, 0.4) is 0 Å². The number of likely N-dealkylation sites (tertiary alicyclic amines) is 2. The Kier molecular flexibility index (Phi) is 8.31. The molecule has 0 aromatic heterocycles. The number of ketones is 1. The van der Waals surface area contributed by atoms with Gasteiger partial charge in [-0.05, 0) is 65.7 Å². The van der Waals surface area contributed by atoms with Gasteiger partial charge in [0.2, 0.25) is 5.78 Å². The first-order valence-corrected chi connectivity index (χ1v) is 12.5. The third-order valence-electron chi connectivity index (χ3n) is 6.87. The Morgan fingerprint density at radius 1 is 0.727 bits per heavy atom. The number of hydrogen-bond donors (Lipinski definition) is 0. The predicted octanol–water partition coefficient (Wildman–Crippen LogP) is 4.56. The summed E-state index contributed by atoms with van der Waals surface area (Å²) in [6.45, 7) is 11.0. The van der Waals surface area contributed by atoms with Crippen molar-refractivity contribution in [1.29, 1.82) is 0 Å². The SMILES string of the molecule is Cc1ccc(C(=O)C(OCCN2CCCC2)(OCCN2CCCC2)c2ccc(C)cc2)cc1. The Morgan fingerprint density at radius 2 is 1.15 bits per heavy atom. The Bertz CT molecular complexity index is 860. The van der Waals surface area contributed by atoms with Crippen LogP contribution in [0.2, 0.25) is 0 Å². The molecule has 0 amide bonds. The summed E-state index contributed by atoms with van der Waals surface area (Å²) < 4.78 is 13.0. The Balaban J connectivity index is 1.61. The third-order valence-corrected chi connectivity index (χ3v) is 6.87. The number of aryl methyl sites for hydroxylation is 2. The molecule has 0 radical (unpaired) electrons. The highest BCUT2D eigenvalue weighted by molar-refractivity contribution is 6.02. The summed E-state index contributed by atoms with van der Waals surface area (Å²) >= 11 is 0. The van der Waals surface area contributed by atoms with Gasteiger partial charge in [0.1, 0.15) is 0 Å². The van der Waals surface area contributed by atoms with E-state index in [1.165, 1.54) is 25.7 Å². The fourth-order valence-corrected chi connectivity index (χ4v) is 4.79. The molecular weight excluding hydrogens is 412 g/mol. The van der Waals surface area contributed by atoms with Crippen LogP contribution in [0.25, 0.3) is 0 Å². The predicted molar refractivity (Wildman–Crippen MR) is 132 cm³/mol. The van der Waals surface area contributed by atoms with E-state index in [4.69, 9.17) is 9.47 Å². The molecule has 5 heteroatoms. The van der Waals surface area contributed by atoms with Crippen molar-refractivity contribution in [3.05, 3.63) is 70.8 Å². The molecule has 0 bridgehead atoms. The lowest BCUT2D eigenvalue weighted by atomic mass is 9.94. The normalized spacial score (nSPS) is 17.6. The van der Waals surface area contributed by atoms with Gasteiger partial charge in [-0.25, -0.2) is 0 Å². The van der Waals surface area contributed by atoms with E-state index in [-0.39, 0.29) is 5.78 Å². The zero-order valence-corrected chi connectivity index (χ0v) is 20.2. The molecule has 0 N–H and O–H groups in total. The summed E-state index contributed by atoms with van der Waals surface area (Å²) in [6, 6.07) is 15.7. The van der Waals surface area contributed by atoms with Crippen LogP contribution in [-0.2, 0) is 15.3 Å². The lowest BCUT2D eigenvalue weighted by Crippen LogP contribution is -2.45. The molecule has 0 unspecified atom stereocenters. The minimum Gasteiger partial charge on any atom is -0.338 e. The summed E-state index contributed by atoms with van der Waals surface area (Å²) in [7, 11) is 0. The van der Waals surface area contributed by atoms with E-state index in [1.54, 1.807) is 0 Å². The molecule has 4 rings (SSSR count). The average Bonchev–Trinajstić information content (AvgIpc) is 3.53. The Hall–Kier alpha value is -2.05. The third kappa shape index (κ3) is 6.10. The first kappa shape index (κ1) is 24.1. The number of benzene rings is 2. The molecule has 2 aliphatic rings. The van der Waals surface area contributed by atoms with Gasteiger partial charge in [0.25, 0.3) is 5.79 Å². The van der Waals surface area contributed by atoms with Crippen molar-refractivity contribution >= 4 is 5.78 Å². The van der Waals surface area contributed by atoms with E-state index < -0.39 is 5.79 Å². The zero-order chi connectivity index (χ0) is 23.1. The fraction of sp³-hybridized carbons (Fsp3) is 0.536. The number of rotatable bonds is 11. The average molecular weight is 451 g/mol. The molecule has 2 fully saturated rings. The highest BCUT2D eigenvalue weighted by atomic mass is 16.7. The fourth-order valence-electron chi connectivity index (χ4n) is 4.79. The number of Topliss-reactive ketones (excluding diaryl/α,β-unsaturated/α-hetero) is 1. The van der Waals surface area contributed by atoms with Gasteiger partial charge >= 0.3 is 0 Å². The van der Waals surface area contributed by atoms with Crippen LogP contribution in [0.5, 0.6) is 0 Å². The number of hydrogen-bond acceptors (Lipinski definition) is 5. The van der Waals surface area contributed by atoms with Gasteiger partial charge in [0.05, 0.1) is 13.2 Å². The summed E-state index contributed by atoms with van der Waals surface area (Å²) in [4.78, 5) is 18.8. The number of carbonyl (C=O) groups excluding carboxylic acids is 1. The second-order valence-electron chi connectivity index (χ2n) is 9.47. The standard InChI is InChI=1S/C28H38N2O3/c1-23-7-11-25(12-8-23)27(31)28(26-13-9-24(2)10-14-26,32-21-19-29-15-3-4-16-29)33-22-20-30-17-5-6-18-30/h7-14H,3-6,15-22H2,1-2H3. The van der Waals surface area contributed by atoms with Gasteiger partial charge in [-0.2, -0.15) is 0 Å². The molecule has 2 saturated heterocycles. The number of ether oxygens (including phenoxy) is 2. The smallest absolute Gasteiger partial charge is 0.261 e. The van der Waals surface area contributed by atoms with Gasteiger partial charge in [-0.1, -0.05) is 59.7 Å². The molecule has 0 atom stereocenters. The van der Waals surface area contributed by atoms with Crippen molar-refractivity contribution in [2.24, 2.45) is 0 Å². The summed E-state index contributed by atoms with van der Waals surface area (Å²) in [5.41, 5.74) is 3.65. The van der Waals surface area contributed by atoms with Gasteiger partial charge < -0.3 is 19.3 Å². The molecule has 0 saturated carbocycles. The van der Waals surface area contributed by atoms with Crippen LogP contribution >= 0.6 is 0 Å². The maximum atomic E-state index is 14.0. The molecule has 5 nitrogen and oxygen atoms in total. The molecule has 33 heavy (non-hydrogen) atoms. The van der Waals surface area contributed by atoms with Gasteiger partial charge in [0.15, 0.2) is 0 Å². The highest BCUT2D eigenvalue weighted by Gasteiger charge is 2.43. The molecule has 2 aliphatic heterocycles. The van der Waals surface area contributed by atoms with Crippen molar-refractivity contribution in [3.8, 4) is 0 Å². The topological polar surface area (TPSA) is 42.0 Å². The van der Waals surface area contributed by atoms with E-state index >= 15 is 0 Å². The van der Waals surface area contributed by atoms with E-state index in [1.807, 2.05) is 55.5 Å². The van der Waals surface area contributed by atoms with Gasteiger partial charge in [-0.15, -0.1) is 0 Å². The minimum atomic E-state index is -1.44. The summed E-state index contributed by atoms with van der Waals surface area (Å²) in [5.74, 6) is -1.57. The van der Waals surface area contributed by atoms with Crippen molar-refractivity contribution in [1.82, 2.24) is 9.80 Å².